The second-order valence-electron chi connectivity index (χ2n) is 5.65. The Bertz CT molecular complexity index is 632. The number of carbonyl (C=O) groups is 2. The van der Waals surface area contributed by atoms with Crippen LogP contribution in [0.4, 0.5) is 16.2 Å². The molecular weight excluding hydrogens is 336 g/mol. The first-order chi connectivity index (χ1) is 11.6. The molecule has 0 aromatic heterocycles. The zero-order valence-electron chi connectivity index (χ0n) is 13.0. The van der Waals surface area contributed by atoms with Gasteiger partial charge in [0, 0.05) is 31.2 Å². The van der Waals surface area contributed by atoms with Crippen LogP contribution in [0.3, 0.4) is 0 Å². The highest BCUT2D eigenvalue weighted by atomic mass is 35.5. The number of carbonyl (C=O) groups excluding carboxylic acids is 2. The summed E-state index contributed by atoms with van der Waals surface area (Å²) in [6.45, 7) is 3.35. The van der Waals surface area contributed by atoms with E-state index >= 15 is 0 Å². The molecule has 0 radical (unpaired) electrons. The predicted molar refractivity (Wildman–Crippen MR) is 89.8 cm³/mol. The van der Waals surface area contributed by atoms with Gasteiger partial charge in [0.25, 0.3) is 5.91 Å². The normalized spacial score (nSPS) is 20.2. The van der Waals surface area contributed by atoms with Crippen molar-refractivity contribution in [1.29, 1.82) is 0 Å². The molecule has 1 unspecified atom stereocenters. The van der Waals surface area contributed by atoms with Crippen molar-refractivity contribution in [2.45, 2.75) is 0 Å². The number of fused-ring (bicyclic) bond motifs is 1. The van der Waals surface area contributed by atoms with Gasteiger partial charge in [0.05, 0.1) is 23.9 Å². The topological polar surface area (TPSA) is 101 Å². The number of halogens is 1. The second-order valence-corrected chi connectivity index (χ2v) is 6.06. The van der Waals surface area contributed by atoms with Crippen molar-refractivity contribution in [3.8, 4) is 5.75 Å². The van der Waals surface area contributed by atoms with Gasteiger partial charge in [-0.05, 0) is 12.1 Å². The fourth-order valence-corrected chi connectivity index (χ4v) is 2.81. The lowest BCUT2D eigenvalue weighted by atomic mass is 10.1. The molecule has 0 aliphatic carbocycles. The summed E-state index contributed by atoms with van der Waals surface area (Å²) in [7, 11) is 0. The monoisotopic (exact) mass is 354 g/mol. The molecule has 3 amide bonds. The van der Waals surface area contributed by atoms with E-state index in [1.807, 2.05) is 0 Å². The highest BCUT2D eigenvalue weighted by Gasteiger charge is 2.20. The molecule has 0 spiro atoms. The van der Waals surface area contributed by atoms with Crippen LogP contribution in [0.25, 0.3) is 0 Å². The third kappa shape index (κ3) is 4.28. The molecule has 130 valence electrons. The minimum Gasteiger partial charge on any atom is -0.480 e. The van der Waals surface area contributed by atoms with Gasteiger partial charge in [0.15, 0.2) is 12.4 Å². The van der Waals surface area contributed by atoms with E-state index in [4.69, 9.17) is 21.1 Å². The summed E-state index contributed by atoms with van der Waals surface area (Å²) < 4.78 is 10.7. The fraction of sp³-hybridized carbons (Fsp3) is 0.467. The van der Waals surface area contributed by atoms with Crippen LogP contribution < -0.4 is 26.0 Å². The summed E-state index contributed by atoms with van der Waals surface area (Å²) >= 11 is 6.12. The molecule has 9 heteroatoms. The highest BCUT2D eigenvalue weighted by molar-refractivity contribution is 6.33. The maximum absolute atomic E-state index is 12.0. The fourth-order valence-electron chi connectivity index (χ4n) is 2.53. The Morgan fingerprint density at radius 2 is 2.29 bits per heavy atom. The van der Waals surface area contributed by atoms with Gasteiger partial charge in [-0.3, -0.25) is 4.79 Å². The van der Waals surface area contributed by atoms with Crippen LogP contribution in [0.5, 0.6) is 5.75 Å². The first-order valence-corrected chi connectivity index (χ1v) is 8.09. The van der Waals surface area contributed by atoms with Crippen molar-refractivity contribution < 1.29 is 19.1 Å². The predicted octanol–water partition coefficient (Wildman–Crippen LogP) is 1.03. The van der Waals surface area contributed by atoms with Crippen LogP contribution >= 0.6 is 11.6 Å². The maximum atomic E-state index is 12.0. The molecule has 1 saturated heterocycles. The SMILES string of the molecule is O=C1COc2c(Cl)cc(NC(=O)NCC3CNCCOC3)cc2N1. The van der Waals surface area contributed by atoms with Crippen molar-refractivity contribution in [3.63, 3.8) is 0 Å². The molecule has 2 aliphatic heterocycles. The van der Waals surface area contributed by atoms with Crippen LogP contribution in [0, 0.1) is 5.92 Å². The van der Waals surface area contributed by atoms with E-state index in [0.29, 0.717) is 41.9 Å². The molecule has 4 N–H and O–H groups in total. The summed E-state index contributed by atoms with van der Waals surface area (Å²) in [5.74, 6) is 0.364. The van der Waals surface area contributed by atoms with E-state index < -0.39 is 0 Å². The quantitative estimate of drug-likeness (QED) is 0.649. The largest absolute Gasteiger partial charge is 0.480 e. The second kappa shape index (κ2) is 7.69. The van der Waals surface area contributed by atoms with E-state index in [1.54, 1.807) is 12.1 Å². The number of hydrogen-bond acceptors (Lipinski definition) is 5. The third-order valence-electron chi connectivity index (χ3n) is 3.68. The number of anilines is 2. The molecule has 0 bridgehead atoms. The molecule has 8 nitrogen and oxygen atoms in total. The molecule has 1 fully saturated rings. The van der Waals surface area contributed by atoms with Crippen molar-refractivity contribution >= 4 is 34.9 Å². The highest BCUT2D eigenvalue weighted by Crippen LogP contribution is 2.38. The number of rotatable bonds is 3. The summed E-state index contributed by atoms with van der Waals surface area (Å²) in [6.07, 6.45) is 0. The van der Waals surface area contributed by atoms with E-state index in [0.717, 1.165) is 13.1 Å². The standard InChI is InChI=1S/C15H19ClN4O4/c16-11-3-10(4-12-14(11)24-8-13(21)20-12)19-15(22)18-6-9-5-17-1-2-23-7-9/h3-4,9,17H,1-2,5-8H2,(H,20,21)(H2,18,19,22). The van der Waals surface area contributed by atoms with Crippen LogP contribution in [0.1, 0.15) is 0 Å². The lowest BCUT2D eigenvalue weighted by molar-refractivity contribution is -0.118. The molecule has 1 aromatic rings. The zero-order chi connectivity index (χ0) is 16.9. The average Bonchev–Trinajstić information content (AvgIpc) is 2.81. The summed E-state index contributed by atoms with van der Waals surface area (Å²) in [5.41, 5.74) is 0.910. The number of benzene rings is 1. The minimum atomic E-state index is -0.349. The molecule has 2 aliphatic rings. The van der Waals surface area contributed by atoms with Gasteiger partial charge < -0.3 is 30.7 Å². The first kappa shape index (κ1) is 16.8. The van der Waals surface area contributed by atoms with Gasteiger partial charge >= 0.3 is 6.03 Å². The summed E-state index contributed by atoms with van der Waals surface area (Å²) in [6, 6.07) is 2.83. The molecule has 2 heterocycles. The van der Waals surface area contributed by atoms with Gasteiger partial charge in [-0.25, -0.2) is 4.79 Å². The van der Waals surface area contributed by atoms with Crippen LogP contribution in [-0.4, -0.2) is 51.4 Å². The molecule has 1 aromatic carbocycles. The molecule has 0 saturated carbocycles. The van der Waals surface area contributed by atoms with Gasteiger partial charge in [0.1, 0.15) is 0 Å². The lowest BCUT2D eigenvalue weighted by Crippen LogP contribution is -2.37. The molecule has 1 atom stereocenters. The van der Waals surface area contributed by atoms with Crippen molar-refractivity contribution in [3.05, 3.63) is 17.2 Å². The van der Waals surface area contributed by atoms with Gasteiger partial charge in [-0.15, -0.1) is 0 Å². The van der Waals surface area contributed by atoms with Crippen molar-refractivity contribution in [1.82, 2.24) is 10.6 Å². The van der Waals surface area contributed by atoms with E-state index in [-0.39, 0.29) is 24.5 Å². The van der Waals surface area contributed by atoms with Crippen molar-refractivity contribution in [2.24, 2.45) is 5.92 Å². The number of amides is 3. The Hall–Kier alpha value is -2.03. The zero-order valence-corrected chi connectivity index (χ0v) is 13.7. The molecule has 3 rings (SSSR count). The number of urea groups is 1. The van der Waals surface area contributed by atoms with Gasteiger partial charge in [-0.2, -0.15) is 0 Å². The Balaban J connectivity index is 1.57. The average molecular weight is 355 g/mol. The smallest absolute Gasteiger partial charge is 0.319 e. The van der Waals surface area contributed by atoms with Crippen LogP contribution in [0.15, 0.2) is 12.1 Å². The van der Waals surface area contributed by atoms with Crippen LogP contribution in [-0.2, 0) is 9.53 Å². The van der Waals surface area contributed by atoms with Crippen molar-refractivity contribution in [2.75, 3.05) is 50.1 Å². The van der Waals surface area contributed by atoms with Crippen LogP contribution in [0.2, 0.25) is 5.02 Å². The lowest BCUT2D eigenvalue weighted by Gasteiger charge is -2.20. The first-order valence-electron chi connectivity index (χ1n) is 7.71. The van der Waals surface area contributed by atoms with Gasteiger partial charge in [0.2, 0.25) is 0 Å². The Labute approximate surface area is 144 Å². The number of ether oxygens (including phenoxy) is 2. The molecule has 24 heavy (non-hydrogen) atoms. The van der Waals surface area contributed by atoms with Gasteiger partial charge in [-0.1, -0.05) is 11.6 Å². The minimum absolute atomic E-state index is 0.0719. The summed E-state index contributed by atoms with van der Waals surface area (Å²) in [5, 5.41) is 11.7. The van der Waals surface area contributed by atoms with E-state index in [2.05, 4.69) is 21.3 Å². The van der Waals surface area contributed by atoms with E-state index in [1.165, 1.54) is 0 Å². The summed E-state index contributed by atoms with van der Waals surface area (Å²) in [4.78, 5) is 23.4. The third-order valence-corrected chi connectivity index (χ3v) is 3.96. The Kier molecular flexibility index (Phi) is 5.39. The number of hydrogen-bond donors (Lipinski definition) is 4. The maximum Gasteiger partial charge on any atom is 0.319 e. The van der Waals surface area contributed by atoms with E-state index in [9.17, 15) is 9.59 Å². The number of nitrogens with one attached hydrogen (secondary N) is 4. The molecular formula is C15H19ClN4O4. The Morgan fingerprint density at radius 3 is 3.17 bits per heavy atom. The Morgan fingerprint density at radius 1 is 1.42 bits per heavy atom.